The summed E-state index contributed by atoms with van der Waals surface area (Å²) in [6.07, 6.45) is -2.71. The average molecular weight is 378 g/mol. The monoisotopic (exact) mass is 377 g/mol. The van der Waals surface area contributed by atoms with Crippen LogP contribution in [-0.4, -0.2) is 34.6 Å². The van der Waals surface area contributed by atoms with Crippen molar-refractivity contribution in [3.8, 4) is 0 Å². The van der Waals surface area contributed by atoms with Crippen LogP contribution < -0.4 is 5.32 Å². The Labute approximate surface area is 137 Å². The lowest BCUT2D eigenvalue weighted by Gasteiger charge is -2.21. The largest absolute Gasteiger partial charge is 0.444 e. The van der Waals surface area contributed by atoms with Crippen LogP contribution in [0.5, 0.6) is 0 Å². The molecule has 0 radical (unpaired) electrons. The number of rotatable bonds is 5. The summed E-state index contributed by atoms with van der Waals surface area (Å²) < 4.78 is 18.4. The van der Waals surface area contributed by atoms with E-state index in [2.05, 4.69) is 21.2 Å². The molecule has 0 saturated carbocycles. The van der Waals surface area contributed by atoms with Crippen molar-refractivity contribution in [2.24, 2.45) is 0 Å². The summed E-state index contributed by atoms with van der Waals surface area (Å²) in [5, 5.41) is 22.4. The molecule has 124 valence electrons. The molecule has 5 nitrogen and oxygen atoms in total. The Morgan fingerprint density at radius 1 is 1.41 bits per heavy atom. The fourth-order valence-corrected chi connectivity index (χ4v) is 2.11. The van der Waals surface area contributed by atoms with Crippen LogP contribution in [0, 0.1) is 5.82 Å². The van der Waals surface area contributed by atoms with Crippen molar-refractivity contribution in [3.63, 3.8) is 0 Å². The Morgan fingerprint density at radius 3 is 2.59 bits per heavy atom. The van der Waals surface area contributed by atoms with Gasteiger partial charge in [0.25, 0.3) is 0 Å². The molecule has 0 bridgehead atoms. The van der Waals surface area contributed by atoms with E-state index in [4.69, 9.17) is 4.74 Å². The first kappa shape index (κ1) is 18.9. The maximum absolute atomic E-state index is 13.1. The molecule has 0 aliphatic heterocycles. The van der Waals surface area contributed by atoms with Gasteiger partial charge in [0.2, 0.25) is 0 Å². The fraction of sp³-hybridized carbons (Fsp3) is 0.533. The van der Waals surface area contributed by atoms with Crippen molar-refractivity contribution in [1.82, 2.24) is 5.32 Å². The van der Waals surface area contributed by atoms with E-state index in [9.17, 15) is 19.4 Å². The minimum atomic E-state index is -1.17. The first-order valence-corrected chi connectivity index (χ1v) is 7.67. The third-order valence-electron chi connectivity index (χ3n) is 2.76. The fourth-order valence-electron chi connectivity index (χ4n) is 1.71. The van der Waals surface area contributed by atoms with Crippen LogP contribution in [0.2, 0.25) is 0 Å². The van der Waals surface area contributed by atoms with Crippen LogP contribution >= 0.6 is 15.9 Å². The molecule has 3 N–H and O–H groups in total. The highest BCUT2D eigenvalue weighted by Gasteiger charge is 2.20. The average Bonchev–Trinajstić information content (AvgIpc) is 2.38. The minimum absolute atomic E-state index is 0.134. The predicted molar refractivity (Wildman–Crippen MR) is 83.9 cm³/mol. The summed E-state index contributed by atoms with van der Waals surface area (Å²) in [4.78, 5) is 11.4. The van der Waals surface area contributed by atoms with Gasteiger partial charge in [-0.25, -0.2) is 9.18 Å². The van der Waals surface area contributed by atoms with E-state index in [0.717, 1.165) is 0 Å². The van der Waals surface area contributed by atoms with Crippen molar-refractivity contribution in [1.29, 1.82) is 0 Å². The number of nitrogens with one attached hydrogen (secondary N) is 1. The molecular formula is C15H21BrFNO4. The number of carbonyl (C=O) groups excluding carboxylic acids is 1. The second-order valence-corrected chi connectivity index (χ2v) is 6.76. The van der Waals surface area contributed by atoms with Gasteiger partial charge < -0.3 is 20.3 Å². The lowest BCUT2D eigenvalue weighted by molar-refractivity contribution is 0.0122. The van der Waals surface area contributed by atoms with Crippen LogP contribution in [0.3, 0.4) is 0 Å². The van der Waals surface area contributed by atoms with E-state index in [-0.39, 0.29) is 17.4 Å². The lowest BCUT2D eigenvalue weighted by atomic mass is 10.0. The molecule has 1 rings (SSSR count). The van der Waals surface area contributed by atoms with Crippen molar-refractivity contribution in [2.75, 3.05) is 6.54 Å². The molecule has 0 spiro atoms. The second kappa shape index (κ2) is 7.89. The maximum atomic E-state index is 13.1. The van der Waals surface area contributed by atoms with Crippen LogP contribution in [0.25, 0.3) is 0 Å². The van der Waals surface area contributed by atoms with Gasteiger partial charge in [0.05, 0.1) is 10.6 Å². The Kier molecular flexibility index (Phi) is 6.77. The first-order valence-electron chi connectivity index (χ1n) is 6.88. The van der Waals surface area contributed by atoms with Crippen molar-refractivity contribution in [2.45, 2.75) is 45.0 Å². The third-order valence-corrected chi connectivity index (χ3v) is 3.37. The van der Waals surface area contributed by atoms with Gasteiger partial charge >= 0.3 is 6.09 Å². The molecule has 2 unspecified atom stereocenters. The van der Waals surface area contributed by atoms with E-state index >= 15 is 0 Å². The summed E-state index contributed by atoms with van der Waals surface area (Å²) in [6.45, 7) is 5.39. The molecule has 2 atom stereocenters. The van der Waals surface area contributed by atoms with Gasteiger partial charge in [-0.15, -0.1) is 0 Å². The number of aliphatic hydroxyl groups is 2. The number of hydrogen-bond donors (Lipinski definition) is 3. The van der Waals surface area contributed by atoms with Gasteiger partial charge in [0, 0.05) is 6.54 Å². The number of alkyl carbamates (subject to hydrolysis) is 1. The van der Waals surface area contributed by atoms with Gasteiger partial charge in [-0.3, -0.25) is 0 Å². The zero-order chi connectivity index (χ0) is 16.9. The summed E-state index contributed by atoms with van der Waals surface area (Å²) >= 11 is 3.02. The number of aliphatic hydroxyl groups excluding tert-OH is 2. The number of halogens is 2. The zero-order valence-corrected chi connectivity index (χ0v) is 14.4. The Hall–Kier alpha value is -1.18. The highest BCUT2D eigenvalue weighted by molar-refractivity contribution is 9.10. The molecule has 0 heterocycles. The number of benzene rings is 1. The summed E-state index contributed by atoms with van der Waals surface area (Å²) in [5.74, 6) is -0.447. The Morgan fingerprint density at radius 2 is 2.05 bits per heavy atom. The van der Waals surface area contributed by atoms with Crippen molar-refractivity contribution < 1.29 is 24.1 Å². The van der Waals surface area contributed by atoms with Gasteiger partial charge in [0.15, 0.2) is 0 Å². The SMILES string of the molecule is CC(C)(C)OC(=O)NCCC(O)C(O)c1ccc(F)c(Br)c1. The summed E-state index contributed by atoms with van der Waals surface area (Å²) in [7, 11) is 0. The predicted octanol–water partition coefficient (Wildman–Crippen LogP) is 2.90. The number of ether oxygens (including phenoxy) is 1. The van der Waals surface area contributed by atoms with E-state index in [1.165, 1.54) is 18.2 Å². The topological polar surface area (TPSA) is 78.8 Å². The smallest absolute Gasteiger partial charge is 0.407 e. The van der Waals surface area contributed by atoms with Gasteiger partial charge in [-0.05, 0) is 60.8 Å². The molecule has 0 aromatic heterocycles. The van der Waals surface area contributed by atoms with Crippen LogP contribution in [0.1, 0.15) is 38.9 Å². The molecule has 0 aliphatic carbocycles. The minimum Gasteiger partial charge on any atom is -0.444 e. The standard InChI is InChI=1S/C15H21BrFNO4/c1-15(2,3)22-14(21)18-7-6-12(19)13(20)9-4-5-11(17)10(16)8-9/h4-5,8,12-13,19-20H,6-7H2,1-3H3,(H,18,21). The van der Waals surface area contributed by atoms with E-state index in [1.54, 1.807) is 20.8 Å². The Balaban J connectivity index is 2.46. The van der Waals surface area contributed by atoms with Gasteiger partial charge in [-0.1, -0.05) is 6.07 Å². The quantitative estimate of drug-likeness (QED) is 0.736. The normalized spacial score (nSPS) is 14.3. The van der Waals surface area contributed by atoms with Crippen LogP contribution in [0.15, 0.2) is 22.7 Å². The van der Waals surface area contributed by atoms with E-state index in [0.29, 0.717) is 5.56 Å². The lowest BCUT2D eigenvalue weighted by Crippen LogP contribution is -2.34. The molecule has 7 heteroatoms. The third kappa shape index (κ3) is 6.29. The molecule has 0 fully saturated rings. The van der Waals surface area contributed by atoms with Crippen molar-refractivity contribution in [3.05, 3.63) is 34.1 Å². The zero-order valence-electron chi connectivity index (χ0n) is 12.8. The number of hydrogen-bond acceptors (Lipinski definition) is 4. The first-order chi connectivity index (χ1) is 10.1. The van der Waals surface area contributed by atoms with Crippen molar-refractivity contribution >= 4 is 22.0 Å². The van der Waals surface area contributed by atoms with E-state index in [1.807, 2.05) is 0 Å². The highest BCUT2D eigenvalue weighted by atomic mass is 79.9. The van der Waals surface area contributed by atoms with E-state index < -0.39 is 29.7 Å². The van der Waals surface area contributed by atoms with Gasteiger partial charge in [-0.2, -0.15) is 0 Å². The number of amides is 1. The molecule has 22 heavy (non-hydrogen) atoms. The second-order valence-electron chi connectivity index (χ2n) is 5.90. The molecule has 1 amide bonds. The summed E-state index contributed by atoms with van der Waals surface area (Å²) in [5.41, 5.74) is -0.208. The highest BCUT2D eigenvalue weighted by Crippen LogP contribution is 2.24. The summed E-state index contributed by atoms with van der Waals surface area (Å²) in [6, 6.07) is 4.01. The molecule has 1 aromatic carbocycles. The van der Waals surface area contributed by atoms with Crippen LogP contribution in [0.4, 0.5) is 9.18 Å². The Bertz CT molecular complexity index is 519. The maximum Gasteiger partial charge on any atom is 0.407 e. The number of carbonyl (C=O) groups is 1. The molecule has 0 aliphatic rings. The van der Waals surface area contributed by atoms with Crippen LogP contribution in [-0.2, 0) is 4.74 Å². The molecule has 0 saturated heterocycles. The van der Waals surface area contributed by atoms with Gasteiger partial charge in [0.1, 0.15) is 17.5 Å². The molecular weight excluding hydrogens is 357 g/mol. The molecule has 1 aromatic rings.